The number of aryl methyl sites for hydroxylation is 3. The molecule has 0 radical (unpaired) electrons. The number of ketones is 1. The van der Waals surface area contributed by atoms with Crippen molar-refractivity contribution in [3.8, 4) is 5.75 Å². The Balaban J connectivity index is 1.66. The van der Waals surface area contributed by atoms with Gasteiger partial charge in [-0.05, 0) is 84.1 Å². The minimum atomic E-state index is -0.465. The van der Waals surface area contributed by atoms with Crippen LogP contribution >= 0.6 is 15.9 Å². The summed E-state index contributed by atoms with van der Waals surface area (Å²) in [5, 5.41) is 0. The van der Waals surface area contributed by atoms with E-state index < -0.39 is 11.7 Å². The van der Waals surface area contributed by atoms with Crippen molar-refractivity contribution in [3.63, 3.8) is 0 Å². The molecule has 0 spiro atoms. The van der Waals surface area contributed by atoms with Gasteiger partial charge in [0.25, 0.3) is 11.7 Å². The van der Waals surface area contributed by atoms with Crippen molar-refractivity contribution in [2.24, 2.45) is 0 Å². The Morgan fingerprint density at radius 3 is 2.28 bits per heavy atom. The largest absolute Gasteiger partial charge is 0.494 e. The highest BCUT2D eigenvalue weighted by atomic mass is 79.9. The van der Waals surface area contributed by atoms with Crippen LogP contribution in [0.5, 0.6) is 5.75 Å². The van der Waals surface area contributed by atoms with E-state index in [1.165, 1.54) is 0 Å². The summed E-state index contributed by atoms with van der Waals surface area (Å²) < 4.78 is 6.57. The zero-order valence-corrected chi connectivity index (χ0v) is 16.1. The van der Waals surface area contributed by atoms with E-state index in [1.54, 1.807) is 11.0 Å². The van der Waals surface area contributed by atoms with Gasteiger partial charge < -0.3 is 9.64 Å². The van der Waals surface area contributed by atoms with Crippen molar-refractivity contribution in [1.82, 2.24) is 0 Å². The SMILES string of the molecule is Cc1cc(C)cc(OCCCN2C(=O)C(=O)c3cc(C)cc(Br)c32)c1. The Hall–Kier alpha value is -2.14. The van der Waals surface area contributed by atoms with Gasteiger partial charge in [0.2, 0.25) is 0 Å². The van der Waals surface area contributed by atoms with Crippen LogP contribution in [0, 0.1) is 20.8 Å². The number of hydrogen-bond acceptors (Lipinski definition) is 3. The van der Waals surface area contributed by atoms with Crippen molar-refractivity contribution < 1.29 is 14.3 Å². The number of benzene rings is 2. The molecule has 5 heteroatoms. The molecule has 2 aromatic carbocycles. The standard InChI is InChI=1S/C20H20BrNO3/c1-12-7-13(2)9-15(8-12)25-6-4-5-22-18-16(19(23)20(22)24)10-14(3)11-17(18)21/h7-11H,4-6H2,1-3H3. The number of halogens is 1. The predicted molar refractivity (Wildman–Crippen MR) is 102 cm³/mol. The molecule has 0 bridgehead atoms. The van der Waals surface area contributed by atoms with Gasteiger partial charge in [0, 0.05) is 11.0 Å². The average molecular weight is 402 g/mol. The molecule has 1 aliphatic heterocycles. The van der Waals surface area contributed by atoms with Crippen molar-refractivity contribution in [2.75, 3.05) is 18.1 Å². The second-order valence-electron chi connectivity index (χ2n) is 6.45. The van der Waals surface area contributed by atoms with Crippen LogP contribution in [0.2, 0.25) is 0 Å². The lowest BCUT2D eigenvalue weighted by Gasteiger charge is -2.18. The third kappa shape index (κ3) is 3.61. The molecular weight excluding hydrogens is 382 g/mol. The summed E-state index contributed by atoms with van der Waals surface area (Å²) in [6, 6.07) is 9.77. The number of carbonyl (C=O) groups excluding carboxylic acids is 2. The molecule has 130 valence electrons. The van der Waals surface area contributed by atoms with Gasteiger partial charge in [-0.25, -0.2) is 0 Å². The maximum Gasteiger partial charge on any atom is 0.299 e. The fraction of sp³-hybridized carbons (Fsp3) is 0.300. The van der Waals surface area contributed by atoms with Crippen molar-refractivity contribution in [1.29, 1.82) is 0 Å². The molecule has 0 atom stereocenters. The molecular formula is C20H20BrNO3. The Morgan fingerprint density at radius 1 is 0.960 bits per heavy atom. The molecule has 1 aliphatic rings. The number of rotatable bonds is 5. The first kappa shape index (κ1) is 17.7. The monoisotopic (exact) mass is 401 g/mol. The topological polar surface area (TPSA) is 46.6 Å². The molecule has 0 N–H and O–H groups in total. The quantitative estimate of drug-likeness (QED) is 0.551. The van der Waals surface area contributed by atoms with Crippen LogP contribution in [0.15, 0.2) is 34.8 Å². The summed E-state index contributed by atoms with van der Waals surface area (Å²) in [6.45, 7) is 6.91. The molecule has 2 aromatic rings. The van der Waals surface area contributed by atoms with E-state index in [-0.39, 0.29) is 0 Å². The van der Waals surface area contributed by atoms with Gasteiger partial charge in [0.15, 0.2) is 0 Å². The number of hydrogen-bond donors (Lipinski definition) is 0. The van der Waals surface area contributed by atoms with Crippen LogP contribution in [0.4, 0.5) is 5.69 Å². The van der Waals surface area contributed by atoms with E-state index in [9.17, 15) is 9.59 Å². The summed E-state index contributed by atoms with van der Waals surface area (Å²) in [5.74, 6) is -0.0687. The lowest BCUT2D eigenvalue weighted by atomic mass is 10.1. The molecule has 0 fully saturated rings. The number of amides is 1. The summed E-state index contributed by atoms with van der Waals surface area (Å²) in [7, 11) is 0. The highest BCUT2D eigenvalue weighted by molar-refractivity contribution is 9.10. The molecule has 0 saturated heterocycles. The van der Waals surface area contributed by atoms with Crippen LogP contribution in [0.1, 0.15) is 33.5 Å². The average Bonchev–Trinajstić information content (AvgIpc) is 2.75. The van der Waals surface area contributed by atoms with Gasteiger partial charge in [-0.2, -0.15) is 0 Å². The van der Waals surface area contributed by atoms with Crippen LogP contribution in [0.3, 0.4) is 0 Å². The fourth-order valence-electron chi connectivity index (χ4n) is 3.16. The highest BCUT2D eigenvalue weighted by Crippen LogP contribution is 2.37. The first-order valence-electron chi connectivity index (χ1n) is 8.24. The van der Waals surface area contributed by atoms with Crippen LogP contribution in [-0.2, 0) is 4.79 Å². The normalized spacial score (nSPS) is 13.4. The zero-order valence-electron chi connectivity index (χ0n) is 14.6. The first-order valence-corrected chi connectivity index (χ1v) is 9.03. The number of anilines is 1. The third-order valence-corrected chi connectivity index (χ3v) is 4.76. The molecule has 25 heavy (non-hydrogen) atoms. The first-order chi connectivity index (χ1) is 11.9. The summed E-state index contributed by atoms with van der Waals surface area (Å²) in [6.07, 6.45) is 0.645. The number of carbonyl (C=O) groups is 2. The number of Topliss-reactive ketones (excluding diaryl/α,β-unsaturated/α-hetero) is 1. The fourth-order valence-corrected chi connectivity index (χ4v) is 3.95. The van der Waals surface area contributed by atoms with Crippen molar-refractivity contribution in [2.45, 2.75) is 27.2 Å². The van der Waals surface area contributed by atoms with Crippen LogP contribution in [0.25, 0.3) is 0 Å². The highest BCUT2D eigenvalue weighted by Gasteiger charge is 2.37. The van der Waals surface area contributed by atoms with Crippen LogP contribution in [-0.4, -0.2) is 24.8 Å². The zero-order chi connectivity index (χ0) is 18.1. The van der Waals surface area contributed by atoms with Gasteiger partial charge >= 0.3 is 0 Å². The minimum absolute atomic E-state index is 0.436. The molecule has 1 heterocycles. The van der Waals surface area contributed by atoms with Gasteiger partial charge in [-0.15, -0.1) is 0 Å². The molecule has 0 aromatic heterocycles. The van der Waals surface area contributed by atoms with Crippen molar-refractivity contribution >= 4 is 33.3 Å². The van der Waals surface area contributed by atoms with E-state index in [1.807, 2.05) is 39.0 Å². The Labute approximate surface area is 155 Å². The molecule has 3 rings (SSSR count). The van der Waals surface area contributed by atoms with Gasteiger partial charge in [0.1, 0.15) is 5.75 Å². The molecule has 1 amide bonds. The summed E-state index contributed by atoms with van der Waals surface area (Å²) in [5.41, 5.74) is 4.41. The second kappa shape index (κ2) is 7.00. The lowest BCUT2D eigenvalue weighted by molar-refractivity contribution is -0.114. The molecule has 0 unspecified atom stereocenters. The molecule has 4 nitrogen and oxygen atoms in total. The number of ether oxygens (including phenoxy) is 1. The van der Waals surface area contributed by atoms with Gasteiger partial charge in [-0.3, -0.25) is 9.59 Å². The van der Waals surface area contributed by atoms with E-state index in [0.29, 0.717) is 30.8 Å². The number of nitrogens with zero attached hydrogens (tertiary/aromatic N) is 1. The predicted octanol–water partition coefficient (Wildman–Crippen LogP) is 4.37. The molecule has 0 saturated carbocycles. The molecule has 0 aliphatic carbocycles. The van der Waals surface area contributed by atoms with Crippen molar-refractivity contribution in [3.05, 3.63) is 57.1 Å². The van der Waals surface area contributed by atoms with Crippen LogP contribution < -0.4 is 9.64 Å². The maximum absolute atomic E-state index is 12.3. The summed E-state index contributed by atoms with van der Waals surface area (Å²) in [4.78, 5) is 26.0. The summed E-state index contributed by atoms with van der Waals surface area (Å²) >= 11 is 3.48. The van der Waals surface area contributed by atoms with E-state index in [4.69, 9.17) is 4.74 Å². The van der Waals surface area contributed by atoms with E-state index >= 15 is 0 Å². The maximum atomic E-state index is 12.3. The van der Waals surface area contributed by atoms with E-state index in [0.717, 1.165) is 26.9 Å². The Morgan fingerprint density at radius 2 is 1.60 bits per heavy atom. The third-order valence-electron chi connectivity index (χ3n) is 4.15. The van der Waals surface area contributed by atoms with E-state index in [2.05, 4.69) is 22.0 Å². The minimum Gasteiger partial charge on any atom is -0.494 e. The Kier molecular flexibility index (Phi) is 4.95. The van der Waals surface area contributed by atoms with Gasteiger partial charge in [0.05, 0.1) is 17.9 Å². The number of fused-ring (bicyclic) bond motifs is 1. The second-order valence-corrected chi connectivity index (χ2v) is 7.31. The lowest BCUT2D eigenvalue weighted by Crippen LogP contribution is -2.31. The Bertz CT molecular complexity index is 840. The smallest absolute Gasteiger partial charge is 0.299 e. The van der Waals surface area contributed by atoms with Gasteiger partial charge in [-0.1, -0.05) is 6.07 Å².